The van der Waals surface area contributed by atoms with Crippen molar-refractivity contribution >= 4 is 23.5 Å². The second-order valence-corrected chi connectivity index (χ2v) is 3.54. The van der Waals surface area contributed by atoms with Crippen molar-refractivity contribution in [2.45, 2.75) is 4.90 Å². The molecular weight excluding hydrogens is 200 g/mol. The molecular formula is C9H12N2O2S. The van der Waals surface area contributed by atoms with Gasteiger partial charge in [-0.05, 0) is 12.1 Å². The van der Waals surface area contributed by atoms with E-state index >= 15 is 0 Å². The molecule has 1 aromatic heterocycles. The molecule has 0 radical (unpaired) electrons. The van der Waals surface area contributed by atoms with Crippen molar-refractivity contribution in [2.24, 2.45) is 0 Å². The molecule has 0 aliphatic rings. The normalized spacial score (nSPS) is 9.57. The van der Waals surface area contributed by atoms with E-state index in [2.05, 4.69) is 15.0 Å². The average Bonchev–Trinajstić information content (AvgIpc) is 2.26. The Bertz CT molecular complexity index is 317. The number of nitrogens with zero attached hydrogens (tertiary/aromatic N) is 1. The highest BCUT2D eigenvalue weighted by molar-refractivity contribution is 8.00. The zero-order valence-electron chi connectivity index (χ0n) is 8.11. The zero-order chi connectivity index (χ0) is 10.4. The Morgan fingerprint density at radius 2 is 2.50 bits per heavy atom. The first kappa shape index (κ1) is 10.8. The Morgan fingerprint density at radius 1 is 1.71 bits per heavy atom. The largest absolute Gasteiger partial charge is 0.468 e. The summed E-state index contributed by atoms with van der Waals surface area (Å²) >= 11 is 1.43. The maximum Gasteiger partial charge on any atom is 0.315 e. The number of hydrogen-bond acceptors (Lipinski definition) is 5. The summed E-state index contributed by atoms with van der Waals surface area (Å²) in [5.41, 5.74) is 0. The number of carbonyl (C=O) groups excluding carboxylic acids is 1. The van der Waals surface area contributed by atoms with Crippen LogP contribution in [0.1, 0.15) is 0 Å². The van der Waals surface area contributed by atoms with E-state index in [4.69, 9.17) is 0 Å². The highest BCUT2D eigenvalue weighted by Crippen LogP contribution is 2.19. The van der Waals surface area contributed by atoms with E-state index in [9.17, 15) is 4.79 Å². The van der Waals surface area contributed by atoms with Crippen LogP contribution >= 0.6 is 11.8 Å². The molecule has 0 amide bonds. The number of anilines is 1. The maximum atomic E-state index is 10.9. The lowest BCUT2D eigenvalue weighted by atomic mass is 10.5. The van der Waals surface area contributed by atoms with Gasteiger partial charge in [-0.1, -0.05) is 0 Å². The molecule has 0 aliphatic heterocycles. The second-order valence-electron chi connectivity index (χ2n) is 2.49. The van der Waals surface area contributed by atoms with Crippen LogP contribution in [-0.4, -0.2) is 30.9 Å². The molecule has 0 aromatic carbocycles. The van der Waals surface area contributed by atoms with Crippen LogP contribution < -0.4 is 5.32 Å². The van der Waals surface area contributed by atoms with Crippen LogP contribution in [0.5, 0.6) is 0 Å². The molecule has 1 aromatic rings. The molecule has 0 aliphatic carbocycles. The van der Waals surface area contributed by atoms with Gasteiger partial charge in [0, 0.05) is 18.1 Å². The molecule has 4 nitrogen and oxygen atoms in total. The molecule has 1 N–H and O–H groups in total. The SMILES string of the molecule is CNc1cc(SCC(=O)OC)ccn1. The number of carbonyl (C=O) groups is 1. The molecule has 0 unspecified atom stereocenters. The number of ether oxygens (including phenoxy) is 1. The van der Waals surface area contributed by atoms with Crippen molar-refractivity contribution in [2.75, 3.05) is 25.2 Å². The second kappa shape index (κ2) is 5.49. The molecule has 0 saturated heterocycles. The van der Waals surface area contributed by atoms with Gasteiger partial charge >= 0.3 is 5.97 Å². The minimum Gasteiger partial charge on any atom is -0.468 e. The summed E-state index contributed by atoms with van der Waals surface area (Å²) in [6, 6.07) is 3.74. The molecule has 5 heteroatoms. The highest BCUT2D eigenvalue weighted by Gasteiger charge is 2.02. The highest BCUT2D eigenvalue weighted by atomic mass is 32.2. The Balaban J connectivity index is 2.54. The van der Waals surface area contributed by atoms with Crippen molar-refractivity contribution in [3.8, 4) is 0 Å². The zero-order valence-corrected chi connectivity index (χ0v) is 8.93. The number of pyridine rings is 1. The Labute approximate surface area is 87.1 Å². The molecule has 0 saturated carbocycles. The molecule has 0 atom stereocenters. The summed E-state index contributed by atoms with van der Waals surface area (Å²) in [4.78, 5) is 15.9. The molecule has 1 heterocycles. The molecule has 0 spiro atoms. The van der Waals surface area contributed by atoms with Crippen molar-refractivity contribution in [1.82, 2.24) is 4.98 Å². The lowest BCUT2D eigenvalue weighted by Gasteiger charge is -2.02. The van der Waals surface area contributed by atoms with Gasteiger partial charge in [-0.2, -0.15) is 0 Å². The van der Waals surface area contributed by atoms with Crippen LogP contribution in [0.4, 0.5) is 5.82 Å². The van der Waals surface area contributed by atoms with Gasteiger partial charge in [0.15, 0.2) is 0 Å². The number of methoxy groups -OCH3 is 1. The first-order chi connectivity index (χ1) is 6.76. The van der Waals surface area contributed by atoms with Crippen LogP contribution in [-0.2, 0) is 9.53 Å². The smallest absolute Gasteiger partial charge is 0.315 e. The van der Waals surface area contributed by atoms with E-state index in [0.717, 1.165) is 10.7 Å². The Hall–Kier alpha value is -1.23. The fourth-order valence-electron chi connectivity index (χ4n) is 0.839. The summed E-state index contributed by atoms with van der Waals surface area (Å²) < 4.78 is 4.54. The first-order valence-electron chi connectivity index (χ1n) is 4.09. The van der Waals surface area contributed by atoms with E-state index in [1.165, 1.54) is 18.9 Å². The van der Waals surface area contributed by atoms with Crippen LogP contribution in [0.25, 0.3) is 0 Å². The quantitative estimate of drug-likeness (QED) is 0.603. The number of thioether (sulfide) groups is 1. The summed E-state index contributed by atoms with van der Waals surface area (Å²) in [5, 5.41) is 2.93. The maximum absolute atomic E-state index is 10.9. The molecule has 0 bridgehead atoms. The molecule has 14 heavy (non-hydrogen) atoms. The van der Waals surface area contributed by atoms with Gasteiger partial charge in [0.1, 0.15) is 5.82 Å². The van der Waals surface area contributed by atoms with Crippen molar-refractivity contribution in [1.29, 1.82) is 0 Å². The van der Waals surface area contributed by atoms with E-state index in [1.54, 1.807) is 13.2 Å². The summed E-state index contributed by atoms with van der Waals surface area (Å²) in [5.74, 6) is 0.890. The van der Waals surface area contributed by atoms with Crippen molar-refractivity contribution in [3.05, 3.63) is 18.3 Å². The first-order valence-corrected chi connectivity index (χ1v) is 5.08. The Morgan fingerprint density at radius 3 is 3.14 bits per heavy atom. The lowest BCUT2D eigenvalue weighted by Crippen LogP contribution is -2.02. The van der Waals surface area contributed by atoms with E-state index in [-0.39, 0.29) is 5.97 Å². The van der Waals surface area contributed by atoms with Gasteiger partial charge in [-0.15, -0.1) is 11.8 Å². The monoisotopic (exact) mass is 212 g/mol. The van der Waals surface area contributed by atoms with E-state index < -0.39 is 0 Å². The third-order valence-electron chi connectivity index (χ3n) is 1.57. The number of aromatic nitrogens is 1. The van der Waals surface area contributed by atoms with Gasteiger partial charge in [0.05, 0.1) is 12.9 Å². The predicted octanol–water partition coefficient (Wildman–Crippen LogP) is 1.39. The number of rotatable bonds is 4. The number of hydrogen-bond donors (Lipinski definition) is 1. The van der Waals surface area contributed by atoms with Crippen LogP contribution in [0.2, 0.25) is 0 Å². The summed E-state index contributed by atoms with van der Waals surface area (Å²) in [6.45, 7) is 0. The molecule has 0 fully saturated rings. The molecule has 76 valence electrons. The van der Waals surface area contributed by atoms with Gasteiger partial charge in [-0.25, -0.2) is 4.98 Å². The topological polar surface area (TPSA) is 51.2 Å². The van der Waals surface area contributed by atoms with Crippen molar-refractivity contribution < 1.29 is 9.53 Å². The van der Waals surface area contributed by atoms with Gasteiger partial charge in [-0.3, -0.25) is 4.79 Å². The fourth-order valence-corrected chi connectivity index (χ4v) is 1.59. The van der Waals surface area contributed by atoms with Gasteiger partial charge in [0.2, 0.25) is 0 Å². The van der Waals surface area contributed by atoms with E-state index in [0.29, 0.717) is 5.75 Å². The number of esters is 1. The standard InChI is InChI=1S/C9H12N2O2S/c1-10-8-5-7(3-4-11-8)14-6-9(12)13-2/h3-5H,6H2,1-2H3,(H,10,11). The van der Waals surface area contributed by atoms with Crippen LogP contribution in [0.3, 0.4) is 0 Å². The average molecular weight is 212 g/mol. The van der Waals surface area contributed by atoms with Crippen LogP contribution in [0.15, 0.2) is 23.2 Å². The minimum atomic E-state index is -0.224. The Kier molecular flexibility index (Phi) is 4.25. The van der Waals surface area contributed by atoms with Gasteiger partial charge < -0.3 is 10.1 Å². The predicted molar refractivity (Wildman–Crippen MR) is 56.5 cm³/mol. The number of nitrogens with one attached hydrogen (secondary N) is 1. The van der Waals surface area contributed by atoms with Gasteiger partial charge in [0.25, 0.3) is 0 Å². The summed E-state index contributed by atoms with van der Waals surface area (Å²) in [6.07, 6.45) is 1.70. The van der Waals surface area contributed by atoms with Crippen LogP contribution in [0, 0.1) is 0 Å². The summed E-state index contributed by atoms with van der Waals surface area (Å²) in [7, 11) is 3.19. The fraction of sp³-hybridized carbons (Fsp3) is 0.333. The third kappa shape index (κ3) is 3.26. The lowest BCUT2D eigenvalue weighted by molar-refractivity contribution is -0.137. The molecule has 1 rings (SSSR count). The van der Waals surface area contributed by atoms with E-state index in [1.807, 2.05) is 12.1 Å². The third-order valence-corrected chi connectivity index (χ3v) is 2.54. The van der Waals surface area contributed by atoms with Crippen molar-refractivity contribution in [3.63, 3.8) is 0 Å². The minimum absolute atomic E-state index is 0.224.